The molecule has 0 fully saturated rings. The van der Waals surface area contributed by atoms with Gasteiger partial charge in [0.25, 0.3) is 5.69 Å². The predicted octanol–water partition coefficient (Wildman–Crippen LogP) is 3.90. The number of nitro groups is 2. The largest absolute Gasteiger partial charge is 0.450 e. The van der Waals surface area contributed by atoms with Gasteiger partial charge in [0.15, 0.2) is 0 Å². The third-order valence-electron chi connectivity index (χ3n) is 2.39. The molecule has 2 aromatic rings. The van der Waals surface area contributed by atoms with Gasteiger partial charge in [0.05, 0.1) is 15.9 Å². The van der Waals surface area contributed by atoms with E-state index in [2.05, 4.69) is 22.6 Å². The summed E-state index contributed by atoms with van der Waals surface area (Å²) in [7, 11) is 0. The molecule has 0 bridgehead atoms. The Balaban J connectivity index is 2.38. The molecule has 0 aliphatic rings. The second-order valence-corrected chi connectivity index (χ2v) is 4.97. The highest BCUT2D eigenvalue weighted by atomic mass is 127. The van der Waals surface area contributed by atoms with E-state index in [9.17, 15) is 20.2 Å². The van der Waals surface area contributed by atoms with Gasteiger partial charge in [-0.15, -0.1) is 0 Å². The van der Waals surface area contributed by atoms with Crippen LogP contribution in [0.2, 0.25) is 0 Å². The maximum absolute atomic E-state index is 10.9. The van der Waals surface area contributed by atoms with Crippen LogP contribution in [-0.2, 0) is 0 Å². The number of rotatable bonds is 4. The van der Waals surface area contributed by atoms with Crippen molar-refractivity contribution in [1.82, 2.24) is 0 Å². The number of non-ortho nitro benzene ring substituents is 1. The third-order valence-corrected chi connectivity index (χ3v) is 3.11. The van der Waals surface area contributed by atoms with Gasteiger partial charge < -0.3 is 4.74 Å². The van der Waals surface area contributed by atoms with E-state index in [1.807, 2.05) is 0 Å². The van der Waals surface area contributed by atoms with E-state index in [0.29, 0.717) is 5.75 Å². The Morgan fingerprint density at radius 2 is 1.60 bits per heavy atom. The van der Waals surface area contributed by atoms with Crippen molar-refractivity contribution in [3.8, 4) is 11.5 Å². The van der Waals surface area contributed by atoms with Crippen molar-refractivity contribution in [3.05, 3.63) is 66.3 Å². The van der Waals surface area contributed by atoms with Crippen molar-refractivity contribution in [3.63, 3.8) is 0 Å². The van der Waals surface area contributed by atoms with Crippen molar-refractivity contribution < 1.29 is 14.6 Å². The lowest BCUT2D eigenvalue weighted by Crippen LogP contribution is -1.96. The molecule has 0 aliphatic carbocycles. The number of hydrogen-bond donors (Lipinski definition) is 0. The fraction of sp³-hybridized carbons (Fsp3) is 0. The highest BCUT2D eigenvalue weighted by Crippen LogP contribution is 2.34. The smallest absolute Gasteiger partial charge is 0.318 e. The highest BCUT2D eigenvalue weighted by molar-refractivity contribution is 14.1. The summed E-state index contributed by atoms with van der Waals surface area (Å²) >= 11 is 2.12. The molecule has 2 aromatic carbocycles. The van der Waals surface area contributed by atoms with E-state index >= 15 is 0 Å². The monoisotopic (exact) mass is 386 g/mol. The summed E-state index contributed by atoms with van der Waals surface area (Å²) in [5.74, 6) is 0.379. The molecule has 7 nitrogen and oxygen atoms in total. The Kier molecular flexibility index (Phi) is 4.13. The van der Waals surface area contributed by atoms with Crippen LogP contribution in [-0.4, -0.2) is 9.85 Å². The van der Waals surface area contributed by atoms with Crippen molar-refractivity contribution in [2.24, 2.45) is 0 Å². The zero-order valence-corrected chi connectivity index (χ0v) is 12.0. The van der Waals surface area contributed by atoms with Crippen LogP contribution < -0.4 is 4.74 Å². The van der Waals surface area contributed by atoms with Gasteiger partial charge in [-0.05, 0) is 52.9 Å². The molecular weight excluding hydrogens is 379 g/mol. The number of nitrogens with zero attached hydrogens (tertiary/aromatic N) is 2. The minimum absolute atomic E-state index is 0.0400. The Bertz CT molecular complexity index is 672. The quantitative estimate of drug-likeness (QED) is 0.451. The molecule has 102 valence electrons. The summed E-state index contributed by atoms with van der Waals surface area (Å²) in [5.41, 5.74) is -0.801. The molecule has 0 amide bonds. The zero-order chi connectivity index (χ0) is 14.7. The van der Waals surface area contributed by atoms with Gasteiger partial charge in [-0.3, -0.25) is 20.2 Å². The Morgan fingerprint density at radius 3 is 2.15 bits per heavy atom. The molecule has 0 saturated carbocycles. The van der Waals surface area contributed by atoms with Crippen LogP contribution in [0.1, 0.15) is 0 Å². The molecule has 0 heterocycles. The molecule has 0 N–H and O–H groups in total. The summed E-state index contributed by atoms with van der Waals surface area (Å²) in [6.45, 7) is 0. The predicted molar refractivity (Wildman–Crippen MR) is 79.0 cm³/mol. The number of nitro benzene ring substituents is 2. The van der Waals surface area contributed by atoms with E-state index in [1.165, 1.54) is 6.07 Å². The van der Waals surface area contributed by atoms with E-state index in [1.54, 1.807) is 24.3 Å². The van der Waals surface area contributed by atoms with Crippen molar-refractivity contribution in [2.45, 2.75) is 0 Å². The minimum atomic E-state index is -0.713. The lowest BCUT2D eigenvalue weighted by molar-refractivity contribution is -0.394. The number of benzene rings is 2. The van der Waals surface area contributed by atoms with Crippen molar-refractivity contribution in [1.29, 1.82) is 0 Å². The topological polar surface area (TPSA) is 95.5 Å². The molecule has 0 saturated heterocycles. The van der Waals surface area contributed by atoms with Gasteiger partial charge in [-0.2, -0.15) is 0 Å². The second-order valence-electron chi connectivity index (χ2n) is 3.72. The van der Waals surface area contributed by atoms with Crippen LogP contribution in [0.3, 0.4) is 0 Å². The Labute approximate surface area is 126 Å². The molecular formula is C12H7IN2O5. The molecule has 0 radical (unpaired) electrons. The molecule has 0 atom stereocenters. The third kappa shape index (κ3) is 3.20. The van der Waals surface area contributed by atoms with E-state index in [0.717, 1.165) is 15.7 Å². The first-order valence-corrected chi connectivity index (χ1v) is 6.41. The van der Waals surface area contributed by atoms with Crippen LogP contribution in [0, 0.1) is 23.8 Å². The molecule has 20 heavy (non-hydrogen) atoms. The maximum atomic E-state index is 10.9. The van der Waals surface area contributed by atoms with Gasteiger partial charge in [0.1, 0.15) is 5.75 Å². The van der Waals surface area contributed by atoms with Crippen molar-refractivity contribution in [2.75, 3.05) is 0 Å². The fourth-order valence-electron chi connectivity index (χ4n) is 1.48. The molecule has 0 spiro atoms. The van der Waals surface area contributed by atoms with Gasteiger partial charge in [-0.1, -0.05) is 0 Å². The van der Waals surface area contributed by atoms with Crippen LogP contribution in [0.15, 0.2) is 42.5 Å². The summed E-state index contributed by atoms with van der Waals surface area (Å²) in [5, 5.41) is 21.6. The number of hydrogen-bond acceptors (Lipinski definition) is 5. The number of halogens is 1. The Hall–Kier alpha value is -2.23. The summed E-state index contributed by atoms with van der Waals surface area (Å²) < 4.78 is 6.39. The molecule has 8 heteroatoms. The lowest BCUT2D eigenvalue weighted by atomic mass is 10.2. The Morgan fingerprint density at radius 1 is 0.950 bits per heavy atom. The van der Waals surface area contributed by atoms with E-state index in [4.69, 9.17) is 4.74 Å². The standard InChI is InChI=1S/C12H7IN2O5/c13-8-1-4-10(5-2-8)20-12-6-3-9(14(16)17)7-11(12)15(18)19/h1-7H. The van der Waals surface area contributed by atoms with E-state index in [-0.39, 0.29) is 11.4 Å². The summed E-state index contributed by atoms with van der Waals surface area (Å²) in [4.78, 5) is 20.2. The molecule has 0 aromatic heterocycles. The molecule has 2 rings (SSSR count). The first-order chi connectivity index (χ1) is 9.47. The van der Waals surface area contributed by atoms with Gasteiger partial charge in [0, 0.05) is 9.64 Å². The summed E-state index contributed by atoms with van der Waals surface area (Å²) in [6, 6.07) is 10.1. The number of ether oxygens (including phenoxy) is 1. The van der Waals surface area contributed by atoms with Gasteiger partial charge in [-0.25, -0.2) is 0 Å². The van der Waals surface area contributed by atoms with E-state index < -0.39 is 15.5 Å². The first-order valence-electron chi connectivity index (χ1n) is 5.33. The average Bonchev–Trinajstić information content (AvgIpc) is 2.41. The molecule has 0 unspecified atom stereocenters. The van der Waals surface area contributed by atoms with Crippen LogP contribution in [0.25, 0.3) is 0 Å². The van der Waals surface area contributed by atoms with Gasteiger partial charge >= 0.3 is 5.69 Å². The zero-order valence-electron chi connectivity index (χ0n) is 9.86. The lowest BCUT2D eigenvalue weighted by Gasteiger charge is -2.06. The maximum Gasteiger partial charge on any atom is 0.318 e. The van der Waals surface area contributed by atoms with Crippen LogP contribution in [0.5, 0.6) is 11.5 Å². The minimum Gasteiger partial charge on any atom is -0.450 e. The SMILES string of the molecule is O=[N+]([O-])c1ccc(Oc2ccc(I)cc2)c([N+](=O)[O-])c1. The van der Waals surface area contributed by atoms with Gasteiger partial charge in [0.2, 0.25) is 5.75 Å². The normalized spacial score (nSPS) is 10.1. The molecule has 0 aliphatic heterocycles. The second kappa shape index (κ2) is 5.82. The van der Waals surface area contributed by atoms with Crippen LogP contribution >= 0.6 is 22.6 Å². The average molecular weight is 386 g/mol. The van der Waals surface area contributed by atoms with Crippen LogP contribution in [0.4, 0.5) is 11.4 Å². The fourth-order valence-corrected chi connectivity index (χ4v) is 1.84. The highest BCUT2D eigenvalue weighted by Gasteiger charge is 2.21. The summed E-state index contributed by atoms with van der Waals surface area (Å²) in [6.07, 6.45) is 0. The van der Waals surface area contributed by atoms with Crippen molar-refractivity contribution >= 4 is 34.0 Å². The first kappa shape index (κ1) is 14.2.